The monoisotopic (exact) mass is 235 g/mol. The van der Waals surface area contributed by atoms with Crippen LogP contribution in [0.4, 0.5) is 5.82 Å². The molecule has 88 valence electrons. The topological polar surface area (TPSA) is 97.7 Å². The van der Waals surface area contributed by atoms with E-state index in [0.29, 0.717) is 11.2 Å². The number of hydrogen-bond donors (Lipinski definition) is 1. The molecule has 0 spiro atoms. The summed E-state index contributed by atoms with van der Waals surface area (Å²) in [6.07, 6.45) is -0.347. The van der Waals surface area contributed by atoms with Crippen LogP contribution in [-0.4, -0.2) is 25.4 Å². The minimum atomic E-state index is -1.07. The first-order valence-electron chi connectivity index (χ1n) is 4.84. The molecule has 2 rings (SSSR count). The van der Waals surface area contributed by atoms with Gasteiger partial charge in [-0.25, -0.2) is 0 Å². The van der Waals surface area contributed by atoms with Gasteiger partial charge in [0.1, 0.15) is 11.9 Å². The second kappa shape index (κ2) is 3.85. The van der Waals surface area contributed by atoms with Gasteiger partial charge in [0.2, 0.25) is 5.82 Å². The molecule has 0 aliphatic rings. The van der Waals surface area contributed by atoms with Crippen molar-refractivity contribution in [2.45, 2.75) is 13.3 Å². The highest BCUT2D eigenvalue weighted by Gasteiger charge is 2.24. The van der Waals surface area contributed by atoms with Gasteiger partial charge < -0.3 is 15.2 Å². The Morgan fingerprint density at radius 3 is 2.88 bits per heavy atom. The van der Waals surface area contributed by atoms with Crippen molar-refractivity contribution in [3.63, 3.8) is 0 Å². The number of rotatable bonds is 3. The van der Waals surface area contributed by atoms with Crippen molar-refractivity contribution in [3.05, 3.63) is 39.8 Å². The van der Waals surface area contributed by atoms with Crippen molar-refractivity contribution in [1.29, 1.82) is 0 Å². The predicted molar refractivity (Wildman–Crippen MR) is 57.9 cm³/mol. The number of aliphatic carboxylic acids is 1. The Hall–Kier alpha value is -2.44. The molecule has 17 heavy (non-hydrogen) atoms. The van der Waals surface area contributed by atoms with Crippen LogP contribution in [0, 0.1) is 17.0 Å². The average molecular weight is 235 g/mol. The third-order valence-electron chi connectivity index (χ3n) is 2.39. The highest BCUT2D eigenvalue weighted by atomic mass is 16.6. The van der Waals surface area contributed by atoms with Crippen LogP contribution in [0.5, 0.6) is 0 Å². The third kappa shape index (κ3) is 1.82. The van der Waals surface area contributed by atoms with Crippen molar-refractivity contribution >= 4 is 17.3 Å². The Bertz CT molecular complexity index is 617. The quantitative estimate of drug-likeness (QED) is 0.636. The van der Waals surface area contributed by atoms with Gasteiger partial charge in [-0.15, -0.1) is 0 Å². The molecule has 0 saturated carbocycles. The highest BCUT2D eigenvalue weighted by Crippen LogP contribution is 2.22. The van der Waals surface area contributed by atoms with E-state index in [1.165, 1.54) is 4.40 Å². The summed E-state index contributed by atoms with van der Waals surface area (Å²) in [7, 11) is 0. The minimum Gasteiger partial charge on any atom is -0.481 e. The Morgan fingerprint density at radius 1 is 1.59 bits per heavy atom. The van der Waals surface area contributed by atoms with Gasteiger partial charge >= 0.3 is 11.8 Å². The molecule has 1 N–H and O–H groups in total. The SMILES string of the molecule is Cc1cccc2c([N+](=O)[O-])nc(CC(=O)O)n12. The lowest BCUT2D eigenvalue weighted by molar-refractivity contribution is -0.387. The standard InChI is InChI=1S/C10H9N3O4/c1-6-3-2-4-7-10(13(16)17)11-8(12(6)7)5-9(14)15/h2-4H,5H2,1H3,(H,14,15). The lowest BCUT2D eigenvalue weighted by Crippen LogP contribution is -2.06. The van der Waals surface area contributed by atoms with Crippen molar-refractivity contribution in [1.82, 2.24) is 9.38 Å². The van der Waals surface area contributed by atoms with E-state index in [2.05, 4.69) is 4.98 Å². The molecule has 2 heterocycles. The smallest absolute Gasteiger partial charge is 0.389 e. The number of pyridine rings is 1. The highest BCUT2D eigenvalue weighted by molar-refractivity contribution is 5.71. The van der Waals surface area contributed by atoms with Crippen molar-refractivity contribution in [3.8, 4) is 0 Å². The maximum atomic E-state index is 10.8. The van der Waals surface area contributed by atoms with Gasteiger partial charge in [-0.05, 0) is 29.0 Å². The van der Waals surface area contributed by atoms with Gasteiger partial charge in [-0.2, -0.15) is 0 Å². The summed E-state index contributed by atoms with van der Waals surface area (Å²) >= 11 is 0. The van der Waals surface area contributed by atoms with Crippen LogP contribution in [0.2, 0.25) is 0 Å². The zero-order valence-electron chi connectivity index (χ0n) is 8.95. The first-order chi connectivity index (χ1) is 8.00. The summed E-state index contributed by atoms with van der Waals surface area (Å²) in [5, 5.41) is 19.5. The Morgan fingerprint density at radius 2 is 2.29 bits per heavy atom. The average Bonchev–Trinajstić information content (AvgIpc) is 2.57. The molecule has 0 amide bonds. The van der Waals surface area contributed by atoms with Gasteiger partial charge in [-0.1, -0.05) is 6.07 Å². The van der Waals surface area contributed by atoms with E-state index in [1.54, 1.807) is 25.1 Å². The molecule has 7 nitrogen and oxygen atoms in total. The van der Waals surface area contributed by atoms with Crippen molar-refractivity contribution in [2.75, 3.05) is 0 Å². The molecular formula is C10H9N3O4. The zero-order chi connectivity index (χ0) is 12.6. The summed E-state index contributed by atoms with van der Waals surface area (Å²) in [5.74, 6) is -1.22. The maximum Gasteiger partial charge on any atom is 0.389 e. The summed E-state index contributed by atoms with van der Waals surface area (Å²) < 4.78 is 1.49. The number of carbonyl (C=O) groups is 1. The lowest BCUT2D eigenvalue weighted by Gasteiger charge is -1.99. The third-order valence-corrected chi connectivity index (χ3v) is 2.39. The normalized spacial score (nSPS) is 10.6. The fraction of sp³-hybridized carbons (Fsp3) is 0.200. The second-order valence-electron chi connectivity index (χ2n) is 3.57. The summed E-state index contributed by atoms with van der Waals surface area (Å²) in [4.78, 5) is 24.6. The second-order valence-corrected chi connectivity index (χ2v) is 3.57. The predicted octanol–water partition coefficient (Wildman–Crippen LogP) is 1.18. The van der Waals surface area contributed by atoms with Gasteiger partial charge in [0, 0.05) is 5.69 Å². The van der Waals surface area contributed by atoms with Crippen LogP contribution in [-0.2, 0) is 11.2 Å². The van der Waals surface area contributed by atoms with Gasteiger partial charge in [0.15, 0.2) is 0 Å². The van der Waals surface area contributed by atoms with E-state index in [-0.39, 0.29) is 18.1 Å². The molecule has 0 aromatic carbocycles. The zero-order valence-corrected chi connectivity index (χ0v) is 8.95. The van der Waals surface area contributed by atoms with E-state index >= 15 is 0 Å². The molecule has 2 aromatic heterocycles. The number of carboxylic acids is 1. The maximum absolute atomic E-state index is 10.8. The van der Waals surface area contributed by atoms with Crippen LogP contribution in [0.25, 0.3) is 5.52 Å². The largest absolute Gasteiger partial charge is 0.481 e. The van der Waals surface area contributed by atoms with Crippen molar-refractivity contribution < 1.29 is 14.8 Å². The molecule has 0 aliphatic carbocycles. The molecule has 0 saturated heterocycles. The molecule has 7 heteroatoms. The number of carboxylic acid groups (broad SMARTS) is 1. The lowest BCUT2D eigenvalue weighted by atomic mass is 10.3. The van der Waals surface area contributed by atoms with Crippen LogP contribution < -0.4 is 0 Å². The van der Waals surface area contributed by atoms with Gasteiger partial charge in [-0.3, -0.25) is 9.20 Å². The van der Waals surface area contributed by atoms with Crippen LogP contribution >= 0.6 is 0 Å². The van der Waals surface area contributed by atoms with E-state index < -0.39 is 10.9 Å². The number of fused-ring (bicyclic) bond motifs is 1. The Balaban J connectivity index is 2.75. The van der Waals surface area contributed by atoms with E-state index in [4.69, 9.17) is 5.11 Å². The van der Waals surface area contributed by atoms with Crippen LogP contribution in [0.15, 0.2) is 18.2 Å². The fourth-order valence-electron chi connectivity index (χ4n) is 1.75. The molecule has 0 aliphatic heterocycles. The summed E-state index contributed by atoms with van der Waals surface area (Å²) in [6.45, 7) is 1.74. The van der Waals surface area contributed by atoms with Crippen LogP contribution in [0.1, 0.15) is 11.5 Å². The molecule has 0 unspecified atom stereocenters. The molecule has 2 aromatic rings. The first-order valence-corrected chi connectivity index (χ1v) is 4.84. The van der Waals surface area contributed by atoms with Gasteiger partial charge in [0.05, 0.1) is 0 Å². The molecule has 0 atom stereocenters. The molecule has 0 bridgehead atoms. The Kier molecular flexibility index (Phi) is 2.51. The number of aryl methyl sites for hydroxylation is 1. The Labute approximate surface area is 95.5 Å². The number of imidazole rings is 1. The fourth-order valence-corrected chi connectivity index (χ4v) is 1.75. The molecular weight excluding hydrogens is 226 g/mol. The van der Waals surface area contributed by atoms with E-state index in [0.717, 1.165) is 0 Å². The molecule has 0 radical (unpaired) electrons. The summed E-state index contributed by atoms with van der Waals surface area (Å²) in [6, 6.07) is 4.96. The van der Waals surface area contributed by atoms with Gasteiger partial charge in [0.25, 0.3) is 0 Å². The number of hydrogen-bond acceptors (Lipinski definition) is 4. The number of aromatic nitrogens is 2. The summed E-state index contributed by atoms with van der Waals surface area (Å²) in [5.41, 5.74) is 1.02. The molecule has 0 fully saturated rings. The van der Waals surface area contributed by atoms with Crippen molar-refractivity contribution in [2.24, 2.45) is 0 Å². The van der Waals surface area contributed by atoms with E-state index in [1.807, 2.05) is 0 Å². The minimum absolute atomic E-state index is 0.164. The van der Waals surface area contributed by atoms with E-state index in [9.17, 15) is 14.9 Å². The first kappa shape index (κ1) is 11.1. The number of nitro groups is 1. The van der Waals surface area contributed by atoms with Crippen LogP contribution in [0.3, 0.4) is 0 Å². The number of nitrogens with zero attached hydrogens (tertiary/aromatic N) is 3.